The van der Waals surface area contributed by atoms with Crippen LogP contribution in [0.2, 0.25) is 0 Å². The Labute approximate surface area is 341 Å². The van der Waals surface area contributed by atoms with Gasteiger partial charge in [0.25, 0.3) is 0 Å². The van der Waals surface area contributed by atoms with E-state index in [9.17, 15) is 0 Å². The van der Waals surface area contributed by atoms with Crippen molar-refractivity contribution in [1.82, 2.24) is 19.9 Å². The van der Waals surface area contributed by atoms with Crippen LogP contribution in [0.3, 0.4) is 0 Å². The molecule has 0 spiro atoms. The number of fused-ring (bicyclic) bond motifs is 4. The Kier molecular flexibility index (Phi) is 8.41. The zero-order chi connectivity index (χ0) is 39.1. The lowest BCUT2D eigenvalue weighted by atomic mass is 9.99. The topological polar surface area (TPSA) is 64.7 Å². The highest BCUT2D eigenvalue weighted by atomic mass is 16.3. The van der Waals surface area contributed by atoms with Crippen molar-refractivity contribution in [3.8, 4) is 78.8 Å². The summed E-state index contributed by atoms with van der Waals surface area (Å²) in [4.78, 5) is 20.5. The highest BCUT2D eigenvalue weighted by molar-refractivity contribution is 6.10. The van der Waals surface area contributed by atoms with Gasteiger partial charge in [-0.3, -0.25) is 0 Å². The summed E-state index contributed by atoms with van der Waals surface area (Å²) in [6.07, 6.45) is 0. The summed E-state index contributed by atoms with van der Waals surface area (Å²) in [7, 11) is 0. The van der Waals surface area contributed by atoms with Gasteiger partial charge in [-0.2, -0.15) is 4.98 Å². The molecule has 0 saturated heterocycles. The van der Waals surface area contributed by atoms with Crippen LogP contribution in [0.4, 0.5) is 0 Å². The molecule has 5 heteroatoms. The Morgan fingerprint density at radius 3 is 1.41 bits per heavy atom. The summed E-state index contributed by atoms with van der Waals surface area (Å²) < 4.78 is 6.30. The molecule has 0 aliphatic heterocycles. The molecule has 11 rings (SSSR count). The first-order valence-electron chi connectivity index (χ1n) is 19.7. The minimum absolute atomic E-state index is 0.574. The zero-order valence-electron chi connectivity index (χ0n) is 31.8. The number of para-hydroxylation sites is 1. The van der Waals surface area contributed by atoms with Crippen molar-refractivity contribution >= 4 is 32.8 Å². The highest BCUT2D eigenvalue weighted by Gasteiger charge is 2.19. The Bertz CT molecular complexity index is 3190. The monoisotopic (exact) mass is 754 g/mol. The molecular weight excluding hydrogens is 721 g/mol. The molecule has 5 nitrogen and oxygen atoms in total. The fourth-order valence-corrected chi connectivity index (χ4v) is 7.88. The second kappa shape index (κ2) is 14.5. The van der Waals surface area contributed by atoms with Crippen LogP contribution < -0.4 is 0 Å². The molecule has 0 radical (unpaired) electrons. The van der Waals surface area contributed by atoms with Crippen LogP contribution in [0.25, 0.3) is 112 Å². The fourth-order valence-electron chi connectivity index (χ4n) is 7.88. The predicted molar refractivity (Wildman–Crippen MR) is 240 cm³/mol. The van der Waals surface area contributed by atoms with Crippen LogP contribution in [0.15, 0.2) is 211 Å². The van der Waals surface area contributed by atoms with Crippen LogP contribution >= 0.6 is 0 Å². The van der Waals surface area contributed by atoms with Crippen molar-refractivity contribution in [1.29, 1.82) is 0 Å². The largest absolute Gasteiger partial charge is 0.438 e. The van der Waals surface area contributed by atoms with Crippen molar-refractivity contribution in [2.45, 2.75) is 0 Å². The summed E-state index contributed by atoms with van der Waals surface area (Å²) in [6.45, 7) is 0. The molecule has 11 aromatic rings. The van der Waals surface area contributed by atoms with E-state index in [4.69, 9.17) is 24.4 Å². The number of furan rings is 1. The van der Waals surface area contributed by atoms with Crippen molar-refractivity contribution in [2.24, 2.45) is 0 Å². The third-order valence-corrected chi connectivity index (χ3v) is 10.9. The third kappa shape index (κ3) is 6.51. The Balaban J connectivity index is 0.990. The van der Waals surface area contributed by atoms with E-state index in [1.165, 1.54) is 11.1 Å². The molecule has 59 heavy (non-hydrogen) atoms. The van der Waals surface area contributed by atoms with Gasteiger partial charge >= 0.3 is 0 Å². The highest BCUT2D eigenvalue weighted by Crippen LogP contribution is 2.37. The number of hydrogen-bond donors (Lipinski definition) is 0. The number of benzene rings is 8. The van der Waals surface area contributed by atoms with Gasteiger partial charge in [0.05, 0.1) is 22.5 Å². The third-order valence-electron chi connectivity index (χ3n) is 10.9. The van der Waals surface area contributed by atoms with Gasteiger partial charge in [0.15, 0.2) is 11.6 Å². The SMILES string of the molecule is c1ccc(-c2ccc(-c3cc(-c4ccc5cc(-c6nc(-c7ccccc7)c7c(n6)oc6ccccc67)ccc5c4)nc(-c4ccc(-c5ccccc5)cc4)n3)cc2)cc1. The van der Waals surface area contributed by atoms with Crippen LogP contribution in [-0.4, -0.2) is 19.9 Å². The molecule has 0 unspecified atom stereocenters. The molecule has 0 aliphatic carbocycles. The quantitative estimate of drug-likeness (QED) is 0.162. The summed E-state index contributed by atoms with van der Waals surface area (Å²) in [6, 6.07) is 71.2. The van der Waals surface area contributed by atoms with E-state index < -0.39 is 0 Å². The molecule has 0 fully saturated rings. The van der Waals surface area contributed by atoms with Gasteiger partial charge in [-0.05, 0) is 57.3 Å². The lowest BCUT2D eigenvalue weighted by Gasteiger charge is -2.12. The van der Waals surface area contributed by atoms with Gasteiger partial charge < -0.3 is 4.42 Å². The van der Waals surface area contributed by atoms with Gasteiger partial charge in [-0.1, -0.05) is 182 Å². The van der Waals surface area contributed by atoms with E-state index in [1.807, 2.05) is 48.5 Å². The minimum Gasteiger partial charge on any atom is -0.438 e. The van der Waals surface area contributed by atoms with Crippen molar-refractivity contribution in [3.05, 3.63) is 206 Å². The van der Waals surface area contributed by atoms with Crippen LogP contribution in [0.5, 0.6) is 0 Å². The lowest BCUT2D eigenvalue weighted by Crippen LogP contribution is -1.96. The van der Waals surface area contributed by atoms with Crippen LogP contribution in [-0.2, 0) is 0 Å². The number of nitrogens with zero attached hydrogens (tertiary/aromatic N) is 4. The van der Waals surface area contributed by atoms with E-state index in [0.717, 1.165) is 83.2 Å². The summed E-state index contributed by atoms with van der Waals surface area (Å²) >= 11 is 0. The molecule has 3 heterocycles. The number of aromatic nitrogens is 4. The summed E-state index contributed by atoms with van der Waals surface area (Å²) in [5.41, 5.74) is 13.5. The van der Waals surface area contributed by atoms with Crippen LogP contribution in [0, 0.1) is 0 Å². The van der Waals surface area contributed by atoms with E-state index in [1.54, 1.807) is 0 Å². The Hall–Kier alpha value is -8.02. The molecule has 8 aromatic carbocycles. The first-order valence-corrected chi connectivity index (χ1v) is 19.7. The molecule has 0 aliphatic rings. The zero-order valence-corrected chi connectivity index (χ0v) is 31.8. The minimum atomic E-state index is 0.574. The van der Waals surface area contributed by atoms with Gasteiger partial charge in [-0.15, -0.1) is 0 Å². The number of rotatable bonds is 7. The molecule has 3 aromatic heterocycles. The lowest BCUT2D eigenvalue weighted by molar-refractivity contribution is 0.653. The first kappa shape index (κ1) is 34.2. The Morgan fingerprint density at radius 1 is 0.305 bits per heavy atom. The van der Waals surface area contributed by atoms with E-state index >= 15 is 0 Å². The van der Waals surface area contributed by atoms with Crippen molar-refractivity contribution in [3.63, 3.8) is 0 Å². The molecule has 0 amide bonds. The molecule has 0 atom stereocenters. The molecule has 0 saturated carbocycles. The average Bonchev–Trinajstić information content (AvgIpc) is 3.70. The molecule has 276 valence electrons. The maximum absolute atomic E-state index is 6.30. The maximum Gasteiger partial charge on any atom is 0.231 e. The van der Waals surface area contributed by atoms with E-state index in [0.29, 0.717) is 17.4 Å². The molecule has 0 N–H and O–H groups in total. The first-order chi connectivity index (χ1) is 29.2. The van der Waals surface area contributed by atoms with Crippen molar-refractivity contribution < 1.29 is 4.42 Å². The molecule has 0 bridgehead atoms. The van der Waals surface area contributed by atoms with Gasteiger partial charge in [-0.25, -0.2) is 15.0 Å². The van der Waals surface area contributed by atoms with Gasteiger partial charge in [0.1, 0.15) is 5.58 Å². The van der Waals surface area contributed by atoms with Crippen LogP contribution in [0.1, 0.15) is 0 Å². The van der Waals surface area contributed by atoms with Gasteiger partial charge in [0, 0.05) is 33.2 Å². The van der Waals surface area contributed by atoms with E-state index in [-0.39, 0.29) is 0 Å². The number of hydrogen-bond acceptors (Lipinski definition) is 5. The average molecular weight is 755 g/mol. The Morgan fingerprint density at radius 2 is 0.763 bits per heavy atom. The standard InChI is InChI=1S/C54H34N4O/c1-4-12-35(13-5-1)37-20-24-39(25-21-37)47-34-48(56-52(55-47)41-26-22-38(23-27-41)36-14-6-2-7-15-36)44-30-28-43-33-45(31-29-42(43)32-44)53-57-51(40-16-8-3-9-17-40)50-46-18-10-11-19-49(46)59-54(50)58-53/h1-34H. The summed E-state index contributed by atoms with van der Waals surface area (Å²) in [5, 5.41) is 4.08. The second-order valence-electron chi connectivity index (χ2n) is 14.7. The van der Waals surface area contributed by atoms with E-state index in [2.05, 4.69) is 158 Å². The van der Waals surface area contributed by atoms with Gasteiger partial charge in [0.2, 0.25) is 5.71 Å². The second-order valence-corrected chi connectivity index (χ2v) is 14.7. The normalized spacial score (nSPS) is 11.4. The van der Waals surface area contributed by atoms with Crippen molar-refractivity contribution in [2.75, 3.05) is 0 Å². The fraction of sp³-hybridized carbons (Fsp3) is 0. The summed E-state index contributed by atoms with van der Waals surface area (Å²) in [5.74, 6) is 1.29. The smallest absolute Gasteiger partial charge is 0.231 e. The predicted octanol–water partition coefficient (Wildman–Crippen LogP) is 14.0. The molecular formula is C54H34N4O. The maximum atomic E-state index is 6.30.